The summed E-state index contributed by atoms with van der Waals surface area (Å²) in [4.78, 5) is 4.94. The number of nitrogens with zero attached hydrogens (tertiary/aromatic N) is 4. The van der Waals surface area contributed by atoms with Gasteiger partial charge < -0.3 is 9.30 Å². The predicted octanol–water partition coefficient (Wildman–Crippen LogP) is 16.9. The summed E-state index contributed by atoms with van der Waals surface area (Å²) in [6.45, 7) is 27.2. The zero-order valence-corrected chi connectivity index (χ0v) is 44.8. The van der Waals surface area contributed by atoms with Crippen LogP contribution in [0.5, 0.6) is 11.5 Å². The largest absolute Gasteiger partial charge is 2.00 e. The van der Waals surface area contributed by atoms with Gasteiger partial charge in [0.2, 0.25) is 5.69 Å². The molecule has 9 aromatic rings. The van der Waals surface area contributed by atoms with Crippen LogP contribution in [0.1, 0.15) is 105 Å². The van der Waals surface area contributed by atoms with Crippen LogP contribution in [0.15, 0.2) is 158 Å². The second-order valence-corrected chi connectivity index (χ2v) is 22.7. The van der Waals surface area contributed by atoms with Crippen LogP contribution in [0.25, 0.3) is 49.9 Å². The minimum atomic E-state index is -0.0715. The molecule has 1 aliphatic heterocycles. The van der Waals surface area contributed by atoms with Crippen molar-refractivity contribution in [3.05, 3.63) is 192 Å². The van der Waals surface area contributed by atoms with Crippen LogP contribution in [0.2, 0.25) is 0 Å². The zero-order valence-electron chi connectivity index (χ0n) is 42.5. The fourth-order valence-electron chi connectivity index (χ4n) is 9.30. The Morgan fingerprint density at radius 2 is 1.13 bits per heavy atom. The van der Waals surface area contributed by atoms with Gasteiger partial charge in [0, 0.05) is 41.4 Å². The zero-order chi connectivity index (χ0) is 48.6. The van der Waals surface area contributed by atoms with Gasteiger partial charge in [-0.25, -0.2) is 4.98 Å². The maximum Gasteiger partial charge on any atom is 2.00 e. The standard InChI is InChI=1S/C64H62N4O.Pt/c1-61(2,3)45-27-30-56-55(37-45)54-29-28-52(40-58(54)68(56)59-38-46(31-32-65-59)62(4,5)6)69-51-24-17-23-49(39-51)66-41-67(50-35-47(63(7,8)9)34-48(36-50)64(10,11)12)60-53(25-18-26-57(60)66)44-22-16-21-43(33-44)42-19-14-13-15-20-42;/h13-38H,1-12H3;/q;+2. The number of ether oxygens (including phenoxy) is 1. The molecular formula is C64H62N4OPt+2. The van der Waals surface area contributed by atoms with Gasteiger partial charge in [0.05, 0.1) is 5.56 Å². The van der Waals surface area contributed by atoms with E-state index in [2.05, 4.69) is 248 Å². The summed E-state index contributed by atoms with van der Waals surface area (Å²) in [5, 5.41) is 2.26. The first-order valence-electron chi connectivity index (χ1n) is 24.2. The van der Waals surface area contributed by atoms with E-state index in [1.54, 1.807) is 0 Å². The van der Waals surface area contributed by atoms with Gasteiger partial charge in [-0.2, -0.15) is 12.1 Å². The summed E-state index contributed by atoms with van der Waals surface area (Å²) in [5.41, 5.74) is 15.3. The minimum Gasteiger partial charge on any atom is -0.509 e. The van der Waals surface area contributed by atoms with E-state index in [0.29, 0.717) is 11.5 Å². The molecule has 0 saturated heterocycles. The molecule has 5 nitrogen and oxygen atoms in total. The fraction of sp³-hybridized carbons (Fsp3) is 0.250. The number of benzene rings is 7. The average molecular weight is 1100 g/mol. The Morgan fingerprint density at radius 1 is 0.500 bits per heavy atom. The van der Waals surface area contributed by atoms with Crippen molar-refractivity contribution < 1.29 is 25.8 Å². The van der Waals surface area contributed by atoms with Crippen LogP contribution in [-0.2, 0) is 42.7 Å². The fourth-order valence-corrected chi connectivity index (χ4v) is 9.30. The third-order valence-electron chi connectivity index (χ3n) is 13.4. The van der Waals surface area contributed by atoms with Crippen molar-refractivity contribution in [1.29, 1.82) is 0 Å². The maximum atomic E-state index is 6.77. The number of fused-ring (bicyclic) bond motifs is 4. The molecule has 0 spiro atoms. The first-order valence-corrected chi connectivity index (χ1v) is 24.2. The van der Waals surface area contributed by atoms with Gasteiger partial charge >= 0.3 is 32.8 Å². The third kappa shape index (κ3) is 9.26. The summed E-state index contributed by atoms with van der Waals surface area (Å²) in [6.07, 6.45) is 1.92. The molecule has 352 valence electrons. The molecule has 7 aromatic carbocycles. The molecule has 0 amide bonds. The van der Waals surface area contributed by atoms with Gasteiger partial charge in [-0.1, -0.05) is 178 Å². The molecule has 1 aliphatic rings. The monoisotopic (exact) mass is 1100 g/mol. The Kier molecular flexibility index (Phi) is 12.4. The van der Waals surface area contributed by atoms with Crippen molar-refractivity contribution in [2.75, 3.05) is 0 Å². The van der Waals surface area contributed by atoms with Crippen LogP contribution < -0.4 is 13.9 Å². The second kappa shape index (κ2) is 18.0. The molecule has 10 rings (SSSR count). The van der Waals surface area contributed by atoms with E-state index >= 15 is 0 Å². The van der Waals surface area contributed by atoms with E-state index in [9.17, 15) is 0 Å². The molecule has 0 fully saturated rings. The minimum absolute atomic E-state index is 0. The van der Waals surface area contributed by atoms with Crippen molar-refractivity contribution in [2.24, 2.45) is 0 Å². The molecule has 0 radical (unpaired) electrons. The van der Waals surface area contributed by atoms with E-state index in [0.717, 1.165) is 61.5 Å². The number of rotatable bonds is 7. The summed E-state index contributed by atoms with van der Waals surface area (Å²) < 4.78 is 13.4. The maximum absolute atomic E-state index is 6.77. The molecule has 3 heterocycles. The van der Waals surface area contributed by atoms with Crippen molar-refractivity contribution in [3.63, 3.8) is 0 Å². The number of pyridine rings is 1. The molecule has 0 unspecified atom stereocenters. The SMILES string of the molecule is CC(C)(C)c1cc([N+]2=C=[N+](c3[c-]c(Oc4[c-]c5c(cc4)c4cc(C(C)(C)C)ccc4n5-c4cc(C(C)(C)C)ccn4)ccc3)c3cccc(-c4cccc(-c5ccccc5)c4)c32)cc(C(C)(C)C)c1.[Pt+2]. The van der Waals surface area contributed by atoms with Crippen LogP contribution in [0.4, 0.5) is 22.7 Å². The van der Waals surface area contributed by atoms with E-state index in [4.69, 9.17) is 9.72 Å². The molecule has 0 atom stereocenters. The van der Waals surface area contributed by atoms with Gasteiger partial charge in [-0.05, 0) is 101 Å². The number of para-hydroxylation sites is 1. The summed E-state index contributed by atoms with van der Waals surface area (Å²) in [7, 11) is 0. The quantitative estimate of drug-likeness (QED) is 0.118. The molecule has 6 heteroatoms. The summed E-state index contributed by atoms with van der Waals surface area (Å²) in [5.74, 6) is 2.02. The third-order valence-corrected chi connectivity index (χ3v) is 13.4. The Balaban J connectivity index is 0.00000608. The van der Waals surface area contributed by atoms with Gasteiger partial charge in [0.25, 0.3) is 5.69 Å². The Morgan fingerprint density at radius 3 is 1.83 bits per heavy atom. The van der Waals surface area contributed by atoms with Gasteiger partial charge in [-0.15, -0.1) is 23.6 Å². The van der Waals surface area contributed by atoms with Crippen LogP contribution >= 0.6 is 0 Å². The first kappa shape index (κ1) is 48.4. The van der Waals surface area contributed by atoms with E-state index < -0.39 is 0 Å². The molecular weight excluding hydrogens is 1040 g/mol. The molecule has 0 bridgehead atoms. The normalized spacial score (nSPS) is 13.0. The molecule has 0 N–H and O–H groups in total. The van der Waals surface area contributed by atoms with Crippen molar-refractivity contribution in [1.82, 2.24) is 18.7 Å². The van der Waals surface area contributed by atoms with E-state index in [-0.39, 0.29) is 42.7 Å². The molecule has 70 heavy (non-hydrogen) atoms. The van der Waals surface area contributed by atoms with Crippen molar-refractivity contribution in [3.8, 4) is 39.6 Å². The first-order chi connectivity index (χ1) is 32.7. The van der Waals surface area contributed by atoms with Crippen molar-refractivity contribution in [2.45, 2.75) is 105 Å². The molecule has 2 aromatic heterocycles. The van der Waals surface area contributed by atoms with Gasteiger partial charge in [0.15, 0.2) is 0 Å². The summed E-state index contributed by atoms with van der Waals surface area (Å²) in [6, 6.07) is 65.6. The van der Waals surface area contributed by atoms with Crippen molar-refractivity contribution >= 4 is 50.6 Å². The number of hydrogen-bond donors (Lipinski definition) is 0. The van der Waals surface area contributed by atoms with Crippen LogP contribution in [-0.4, -0.2) is 15.6 Å². The predicted molar refractivity (Wildman–Crippen MR) is 289 cm³/mol. The summed E-state index contributed by atoms with van der Waals surface area (Å²) >= 11 is 0. The Labute approximate surface area is 429 Å². The van der Waals surface area contributed by atoms with Gasteiger partial charge in [-0.3, -0.25) is 0 Å². The smallest absolute Gasteiger partial charge is 0.509 e. The molecule has 0 saturated carbocycles. The van der Waals surface area contributed by atoms with E-state index in [1.807, 2.05) is 24.4 Å². The Bertz CT molecular complexity index is 3510. The topological polar surface area (TPSA) is 33.1 Å². The van der Waals surface area contributed by atoms with E-state index in [1.165, 1.54) is 33.4 Å². The number of hydrogen-bond acceptors (Lipinski definition) is 2. The molecule has 0 aliphatic carbocycles. The van der Waals surface area contributed by atoms with Crippen LogP contribution in [0.3, 0.4) is 0 Å². The van der Waals surface area contributed by atoms with Gasteiger partial charge in [0.1, 0.15) is 11.5 Å². The average Bonchev–Trinajstić information content (AvgIpc) is 3.87. The number of aromatic nitrogens is 2. The Hall–Kier alpha value is -6.64. The second-order valence-electron chi connectivity index (χ2n) is 22.7. The van der Waals surface area contributed by atoms with Crippen LogP contribution in [0, 0.1) is 12.1 Å².